The van der Waals surface area contributed by atoms with Gasteiger partial charge in [0.25, 0.3) is 0 Å². The molecule has 1 aromatic carbocycles. The van der Waals surface area contributed by atoms with Crippen LogP contribution in [0.15, 0.2) is 22.7 Å². The van der Waals surface area contributed by atoms with Crippen molar-refractivity contribution < 1.29 is 9.90 Å². The number of nitrogens with one attached hydrogen (secondary N) is 1. The van der Waals surface area contributed by atoms with Crippen LogP contribution in [0.3, 0.4) is 0 Å². The molecule has 15 heavy (non-hydrogen) atoms. The van der Waals surface area contributed by atoms with E-state index in [1.54, 1.807) is 12.1 Å². The van der Waals surface area contributed by atoms with Crippen molar-refractivity contribution in [2.24, 2.45) is 5.92 Å². The summed E-state index contributed by atoms with van der Waals surface area (Å²) in [5.41, 5.74) is 1.03. The van der Waals surface area contributed by atoms with Crippen molar-refractivity contribution in [3.63, 3.8) is 0 Å². The number of hydrogen-bond donors (Lipinski definition) is 2. The number of rotatable bonds is 3. The summed E-state index contributed by atoms with van der Waals surface area (Å²) in [5, 5.41) is 12.2. The van der Waals surface area contributed by atoms with E-state index in [1.165, 1.54) is 0 Å². The molecule has 2 atom stereocenters. The van der Waals surface area contributed by atoms with Crippen molar-refractivity contribution in [1.29, 1.82) is 0 Å². The van der Waals surface area contributed by atoms with E-state index in [0.717, 1.165) is 10.9 Å². The number of benzene rings is 1. The first-order valence-electron chi connectivity index (χ1n) is 4.87. The fourth-order valence-electron chi connectivity index (χ4n) is 1.55. The van der Waals surface area contributed by atoms with Gasteiger partial charge in [0.05, 0.1) is 11.3 Å². The number of carboxylic acid groups (broad SMARTS) is 1. The predicted octanol–water partition coefficient (Wildman–Crippen LogP) is 2.97. The van der Waals surface area contributed by atoms with Crippen LogP contribution in [0.1, 0.15) is 23.7 Å². The van der Waals surface area contributed by atoms with Crippen LogP contribution in [-0.4, -0.2) is 17.1 Å². The Morgan fingerprint density at radius 1 is 1.60 bits per heavy atom. The predicted molar refractivity (Wildman–Crippen MR) is 62.3 cm³/mol. The first-order chi connectivity index (χ1) is 7.08. The SMILES string of the molecule is CC1CC1Nc1cc(Br)ccc1C(=O)O. The second kappa shape index (κ2) is 3.85. The van der Waals surface area contributed by atoms with Crippen molar-refractivity contribution in [3.8, 4) is 0 Å². The standard InChI is InChI=1S/C11H12BrNO2/c1-6-4-9(6)13-10-5-7(12)2-3-8(10)11(14)15/h2-3,5-6,9,13H,4H2,1H3,(H,14,15). The summed E-state index contributed by atoms with van der Waals surface area (Å²) in [6.45, 7) is 2.15. The molecular formula is C11H12BrNO2. The molecule has 2 unspecified atom stereocenters. The number of anilines is 1. The highest BCUT2D eigenvalue weighted by atomic mass is 79.9. The van der Waals surface area contributed by atoms with Crippen LogP contribution >= 0.6 is 15.9 Å². The van der Waals surface area contributed by atoms with Crippen LogP contribution in [0, 0.1) is 5.92 Å². The molecule has 1 aliphatic carbocycles. The molecule has 1 aromatic rings. The smallest absolute Gasteiger partial charge is 0.337 e. The molecule has 1 fully saturated rings. The Balaban J connectivity index is 2.26. The molecule has 0 aliphatic heterocycles. The Labute approximate surface area is 96.6 Å². The Hall–Kier alpha value is -1.03. The molecule has 0 bridgehead atoms. The molecule has 2 rings (SSSR count). The van der Waals surface area contributed by atoms with E-state index in [2.05, 4.69) is 28.2 Å². The molecule has 0 aromatic heterocycles. The molecule has 0 saturated heterocycles. The highest BCUT2D eigenvalue weighted by Crippen LogP contribution is 2.34. The maximum Gasteiger partial charge on any atom is 0.337 e. The van der Waals surface area contributed by atoms with Crippen LogP contribution in [0.25, 0.3) is 0 Å². The summed E-state index contributed by atoms with van der Waals surface area (Å²) in [7, 11) is 0. The van der Waals surface area contributed by atoms with Gasteiger partial charge in [-0.1, -0.05) is 22.9 Å². The van der Waals surface area contributed by atoms with Crippen LogP contribution in [0.5, 0.6) is 0 Å². The second-order valence-electron chi connectivity index (χ2n) is 3.96. The van der Waals surface area contributed by atoms with Crippen molar-refractivity contribution in [2.75, 3.05) is 5.32 Å². The van der Waals surface area contributed by atoms with Gasteiger partial charge in [0, 0.05) is 10.5 Å². The molecule has 0 heterocycles. The van der Waals surface area contributed by atoms with Gasteiger partial charge in [-0.25, -0.2) is 4.79 Å². The highest BCUT2D eigenvalue weighted by molar-refractivity contribution is 9.10. The summed E-state index contributed by atoms with van der Waals surface area (Å²) in [6.07, 6.45) is 1.12. The van der Waals surface area contributed by atoms with E-state index in [0.29, 0.717) is 23.2 Å². The van der Waals surface area contributed by atoms with Gasteiger partial charge in [0.2, 0.25) is 0 Å². The maximum absolute atomic E-state index is 11.0. The van der Waals surface area contributed by atoms with E-state index in [9.17, 15) is 4.79 Å². The largest absolute Gasteiger partial charge is 0.478 e. The van der Waals surface area contributed by atoms with Gasteiger partial charge in [-0.3, -0.25) is 0 Å². The molecule has 2 N–H and O–H groups in total. The van der Waals surface area contributed by atoms with Gasteiger partial charge in [0.1, 0.15) is 0 Å². The monoisotopic (exact) mass is 269 g/mol. The Bertz CT molecular complexity index is 406. The Morgan fingerprint density at radius 2 is 2.27 bits per heavy atom. The van der Waals surface area contributed by atoms with Gasteiger partial charge in [-0.2, -0.15) is 0 Å². The van der Waals surface area contributed by atoms with Crippen LogP contribution in [0.4, 0.5) is 5.69 Å². The first-order valence-corrected chi connectivity index (χ1v) is 5.66. The van der Waals surface area contributed by atoms with Crippen LogP contribution < -0.4 is 5.32 Å². The summed E-state index contributed by atoms with van der Waals surface area (Å²) < 4.78 is 0.892. The molecule has 3 nitrogen and oxygen atoms in total. The Kier molecular flexibility index (Phi) is 2.69. The highest BCUT2D eigenvalue weighted by Gasteiger charge is 2.33. The zero-order valence-corrected chi connectivity index (χ0v) is 9.91. The van der Waals surface area contributed by atoms with Gasteiger partial charge >= 0.3 is 5.97 Å². The minimum absolute atomic E-state index is 0.331. The molecule has 4 heteroatoms. The second-order valence-corrected chi connectivity index (χ2v) is 4.87. The van der Waals surface area contributed by atoms with E-state index in [-0.39, 0.29) is 0 Å². The van der Waals surface area contributed by atoms with Crippen LogP contribution in [0.2, 0.25) is 0 Å². The normalized spacial score (nSPS) is 23.6. The van der Waals surface area contributed by atoms with Crippen molar-refractivity contribution >= 4 is 27.6 Å². The van der Waals surface area contributed by atoms with Crippen molar-refractivity contribution in [3.05, 3.63) is 28.2 Å². The quantitative estimate of drug-likeness (QED) is 0.887. The third-order valence-corrected chi connectivity index (χ3v) is 3.16. The van der Waals surface area contributed by atoms with Gasteiger partial charge in [-0.15, -0.1) is 0 Å². The summed E-state index contributed by atoms with van der Waals surface area (Å²) in [5.74, 6) is -0.246. The number of hydrogen-bond acceptors (Lipinski definition) is 2. The topological polar surface area (TPSA) is 49.3 Å². The lowest BCUT2D eigenvalue weighted by molar-refractivity contribution is 0.0698. The van der Waals surface area contributed by atoms with E-state index in [1.807, 2.05) is 6.07 Å². The first kappa shape index (κ1) is 10.5. The molecule has 80 valence electrons. The zero-order valence-electron chi connectivity index (χ0n) is 8.33. The number of carboxylic acids is 1. The Morgan fingerprint density at radius 3 is 2.80 bits per heavy atom. The molecule has 0 spiro atoms. The summed E-state index contributed by atoms with van der Waals surface area (Å²) in [4.78, 5) is 11.0. The van der Waals surface area contributed by atoms with Gasteiger partial charge < -0.3 is 10.4 Å². The third-order valence-electron chi connectivity index (χ3n) is 2.66. The fourth-order valence-corrected chi connectivity index (χ4v) is 1.91. The lowest BCUT2D eigenvalue weighted by Crippen LogP contribution is -2.09. The minimum atomic E-state index is -0.890. The number of aromatic carboxylic acids is 1. The lowest BCUT2D eigenvalue weighted by Gasteiger charge is -2.09. The third kappa shape index (κ3) is 2.31. The maximum atomic E-state index is 11.0. The molecule has 1 saturated carbocycles. The lowest BCUT2D eigenvalue weighted by atomic mass is 10.2. The van der Waals surface area contributed by atoms with Crippen molar-refractivity contribution in [2.45, 2.75) is 19.4 Å². The zero-order chi connectivity index (χ0) is 11.0. The fraction of sp³-hybridized carbons (Fsp3) is 0.364. The summed E-state index contributed by atoms with van der Waals surface area (Å²) >= 11 is 3.34. The van der Waals surface area contributed by atoms with E-state index < -0.39 is 5.97 Å². The molecular weight excluding hydrogens is 258 g/mol. The van der Waals surface area contributed by atoms with Crippen molar-refractivity contribution in [1.82, 2.24) is 0 Å². The minimum Gasteiger partial charge on any atom is -0.478 e. The van der Waals surface area contributed by atoms with E-state index >= 15 is 0 Å². The average molecular weight is 270 g/mol. The van der Waals surface area contributed by atoms with Gasteiger partial charge in [-0.05, 0) is 30.5 Å². The van der Waals surface area contributed by atoms with Gasteiger partial charge in [0.15, 0.2) is 0 Å². The molecule has 0 radical (unpaired) electrons. The average Bonchev–Trinajstić information content (AvgIpc) is 2.81. The number of carbonyl (C=O) groups is 1. The number of halogens is 1. The summed E-state index contributed by atoms with van der Waals surface area (Å²) in [6, 6.07) is 5.60. The van der Waals surface area contributed by atoms with E-state index in [4.69, 9.17) is 5.11 Å². The molecule has 1 aliphatic rings. The molecule has 0 amide bonds. The van der Waals surface area contributed by atoms with Crippen LogP contribution in [-0.2, 0) is 0 Å².